The van der Waals surface area contributed by atoms with Gasteiger partial charge in [0.05, 0.1) is 12.3 Å². The normalized spacial score (nSPS) is 11.3. The van der Waals surface area contributed by atoms with Crippen molar-refractivity contribution in [3.63, 3.8) is 0 Å². The Morgan fingerprint density at radius 3 is 2.58 bits per heavy atom. The Labute approximate surface area is 105 Å². The molecule has 1 rings (SSSR count). The Bertz CT molecular complexity index is 477. The van der Waals surface area contributed by atoms with Crippen LogP contribution in [0, 0.1) is 5.82 Å². The maximum Gasteiger partial charge on any atom is 0.574 e. The van der Waals surface area contributed by atoms with Gasteiger partial charge in [-0.25, -0.2) is 14.2 Å². The SMILES string of the molecule is CCOC(=O)c1cc(F)c(CN)nc1OC(F)(F)F. The van der Waals surface area contributed by atoms with Crippen LogP contribution in [-0.4, -0.2) is 23.9 Å². The molecule has 0 aliphatic heterocycles. The predicted molar refractivity (Wildman–Crippen MR) is 54.7 cm³/mol. The van der Waals surface area contributed by atoms with Gasteiger partial charge < -0.3 is 15.2 Å². The van der Waals surface area contributed by atoms with Gasteiger partial charge in [-0.2, -0.15) is 0 Å². The summed E-state index contributed by atoms with van der Waals surface area (Å²) in [5.74, 6) is -3.27. The molecule has 19 heavy (non-hydrogen) atoms. The maximum atomic E-state index is 13.4. The molecule has 0 aromatic carbocycles. The average Bonchev–Trinajstić information content (AvgIpc) is 2.29. The van der Waals surface area contributed by atoms with Crippen molar-refractivity contribution < 1.29 is 31.8 Å². The summed E-state index contributed by atoms with van der Waals surface area (Å²) in [6.07, 6.45) is -5.07. The zero-order chi connectivity index (χ0) is 14.6. The Hall–Kier alpha value is -1.90. The van der Waals surface area contributed by atoms with Crippen molar-refractivity contribution >= 4 is 5.97 Å². The molecule has 0 bridgehead atoms. The predicted octanol–water partition coefficient (Wildman–Crippen LogP) is 1.75. The van der Waals surface area contributed by atoms with Crippen molar-refractivity contribution in [2.45, 2.75) is 19.8 Å². The highest BCUT2D eigenvalue weighted by Crippen LogP contribution is 2.26. The molecule has 1 aromatic heterocycles. The van der Waals surface area contributed by atoms with Gasteiger partial charge in [-0.05, 0) is 13.0 Å². The third-order valence-electron chi connectivity index (χ3n) is 1.91. The van der Waals surface area contributed by atoms with E-state index in [0.717, 1.165) is 0 Å². The van der Waals surface area contributed by atoms with Crippen LogP contribution < -0.4 is 10.5 Å². The van der Waals surface area contributed by atoms with Crippen LogP contribution in [0.15, 0.2) is 6.07 Å². The highest BCUT2D eigenvalue weighted by molar-refractivity contribution is 5.91. The summed E-state index contributed by atoms with van der Waals surface area (Å²) >= 11 is 0. The number of pyridine rings is 1. The second-order valence-corrected chi connectivity index (χ2v) is 3.24. The highest BCUT2D eigenvalue weighted by Gasteiger charge is 2.34. The minimum absolute atomic E-state index is 0.0927. The minimum Gasteiger partial charge on any atom is -0.462 e. The fourth-order valence-corrected chi connectivity index (χ4v) is 1.19. The van der Waals surface area contributed by atoms with E-state index in [1.807, 2.05) is 0 Å². The molecule has 0 amide bonds. The lowest BCUT2D eigenvalue weighted by Crippen LogP contribution is -2.22. The van der Waals surface area contributed by atoms with Gasteiger partial charge in [-0.15, -0.1) is 13.2 Å². The Morgan fingerprint density at radius 1 is 1.47 bits per heavy atom. The second kappa shape index (κ2) is 5.83. The van der Waals surface area contributed by atoms with Gasteiger partial charge in [0, 0.05) is 6.54 Å². The summed E-state index contributed by atoms with van der Waals surface area (Å²) in [4.78, 5) is 14.6. The van der Waals surface area contributed by atoms with Crippen LogP contribution in [-0.2, 0) is 11.3 Å². The van der Waals surface area contributed by atoms with E-state index < -0.39 is 41.8 Å². The lowest BCUT2D eigenvalue weighted by Gasteiger charge is -2.13. The molecule has 106 valence electrons. The van der Waals surface area contributed by atoms with E-state index in [1.54, 1.807) is 0 Å². The third-order valence-corrected chi connectivity index (χ3v) is 1.91. The topological polar surface area (TPSA) is 74.4 Å². The molecule has 1 heterocycles. The first-order valence-corrected chi connectivity index (χ1v) is 5.10. The summed E-state index contributed by atoms with van der Waals surface area (Å²) in [5.41, 5.74) is 3.91. The van der Waals surface area contributed by atoms with Crippen LogP contribution >= 0.6 is 0 Å². The molecule has 0 spiro atoms. The van der Waals surface area contributed by atoms with E-state index in [9.17, 15) is 22.4 Å². The number of nitrogens with two attached hydrogens (primary N) is 1. The summed E-state index contributed by atoms with van der Waals surface area (Å²) in [6, 6.07) is 0.550. The Morgan fingerprint density at radius 2 is 2.11 bits per heavy atom. The summed E-state index contributed by atoms with van der Waals surface area (Å²) in [7, 11) is 0. The van der Waals surface area contributed by atoms with Gasteiger partial charge in [-0.1, -0.05) is 0 Å². The molecule has 1 aromatic rings. The number of esters is 1. The number of carbonyl (C=O) groups is 1. The van der Waals surface area contributed by atoms with E-state index in [1.165, 1.54) is 6.92 Å². The van der Waals surface area contributed by atoms with E-state index in [0.29, 0.717) is 6.07 Å². The molecule has 9 heteroatoms. The number of hydrogen-bond donors (Lipinski definition) is 1. The summed E-state index contributed by atoms with van der Waals surface area (Å²) < 4.78 is 57.9. The molecule has 0 saturated carbocycles. The fraction of sp³-hybridized carbons (Fsp3) is 0.400. The lowest BCUT2D eigenvalue weighted by atomic mass is 10.2. The molecule has 2 N–H and O–H groups in total. The summed E-state index contributed by atoms with van der Waals surface area (Å²) in [6.45, 7) is 0.911. The van der Waals surface area contributed by atoms with Gasteiger partial charge in [0.25, 0.3) is 0 Å². The van der Waals surface area contributed by atoms with Crippen molar-refractivity contribution in [1.29, 1.82) is 0 Å². The van der Waals surface area contributed by atoms with Crippen molar-refractivity contribution in [3.05, 3.63) is 23.1 Å². The number of carbonyl (C=O) groups excluding carboxylic acids is 1. The standard InChI is InChI=1S/C10H10F4N2O3/c1-2-18-9(17)5-3-6(11)7(4-15)16-8(5)19-10(12,13)14/h3H,2,4,15H2,1H3. The van der Waals surface area contributed by atoms with Crippen LogP contribution in [0.5, 0.6) is 5.88 Å². The number of hydrogen-bond acceptors (Lipinski definition) is 5. The Balaban J connectivity index is 3.26. The smallest absolute Gasteiger partial charge is 0.462 e. The number of aromatic nitrogens is 1. The second-order valence-electron chi connectivity index (χ2n) is 3.24. The zero-order valence-corrected chi connectivity index (χ0v) is 9.75. The van der Waals surface area contributed by atoms with Gasteiger partial charge in [0.2, 0.25) is 5.88 Å². The maximum absolute atomic E-state index is 13.4. The quantitative estimate of drug-likeness (QED) is 0.672. The van der Waals surface area contributed by atoms with Crippen molar-refractivity contribution in [1.82, 2.24) is 4.98 Å². The van der Waals surface area contributed by atoms with Crippen molar-refractivity contribution in [2.75, 3.05) is 6.61 Å². The average molecular weight is 282 g/mol. The molecule has 0 radical (unpaired) electrons. The van der Waals surface area contributed by atoms with Crippen molar-refractivity contribution in [2.24, 2.45) is 5.73 Å². The molecule has 0 aliphatic rings. The Kier molecular flexibility index (Phi) is 4.65. The summed E-state index contributed by atoms with van der Waals surface area (Å²) in [5, 5.41) is 0. The zero-order valence-electron chi connectivity index (χ0n) is 9.75. The highest BCUT2D eigenvalue weighted by atomic mass is 19.4. The van der Waals surface area contributed by atoms with Crippen LogP contribution in [0.3, 0.4) is 0 Å². The molecule has 5 nitrogen and oxygen atoms in total. The van der Waals surface area contributed by atoms with E-state index >= 15 is 0 Å². The van der Waals surface area contributed by atoms with Crippen LogP contribution in [0.4, 0.5) is 17.6 Å². The molecule has 0 aliphatic carbocycles. The molecular weight excluding hydrogens is 272 g/mol. The number of ether oxygens (including phenoxy) is 2. The molecule has 0 atom stereocenters. The number of halogens is 4. The first-order valence-electron chi connectivity index (χ1n) is 5.10. The third kappa shape index (κ3) is 4.05. The fourth-order valence-electron chi connectivity index (χ4n) is 1.19. The first kappa shape index (κ1) is 15.2. The largest absolute Gasteiger partial charge is 0.574 e. The molecular formula is C10H10F4N2O3. The first-order chi connectivity index (χ1) is 8.78. The van der Waals surface area contributed by atoms with Gasteiger partial charge in [-0.3, -0.25) is 0 Å². The van der Waals surface area contributed by atoms with E-state index in [4.69, 9.17) is 5.73 Å². The molecule has 0 fully saturated rings. The van der Waals surface area contributed by atoms with Crippen molar-refractivity contribution in [3.8, 4) is 5.88 Å². The lowest BCUT2D eigenvalue weighted by molar-refractivity contribution is -0.276. The minimum atomic E-state index is -5.07. The number of nitrogens with zero attached hydrogens (tertiary/aromatic N) is 1. The van der Waals surface area contributed by atoms with Crippen LogP contribution in [0.2, 0.25) is 0 Å². The van der Waals surface area contributed by atoms with Gasteiger partial charge >= 0.3 is 12.3 Å². The number of alkyl halides is 3. The molecule has 0 saturated heterocycles. The van der Waals surface area contributed by atoms with E-state index in [-0.39, 0.29) is 6.61 Å². The monoisotopic (exact) mass is 282 g/mol. The number of rotatable bonds is 4. The molecule has 0 unspecified atom stereocenters. The van der Waals surface area contributed by atoms with E-state index in [2.05, 4.69) is 14.5 Å². The van der Waals surface area contributed by atoms with Gasteiger partial charge in [0.1, 0.15) is 11.4 Å². The van der Waals surface area contributed by atoms with Gasteiger partial charge in [0.15, 0.2) is 0 Å². The van der Waals surface area contributed by atoms with Crippen LogP contribution in [0.25, 0.3) is 0 Å². The van der Waals surface area contributed by atoms with Crippen LogP contribution in [0.1, 0.15) is 23.0 Å².